The van der Waals surface area contributed by atoms with Crippen molar-refractivity contribution >= 4 is 29.1 Å². The molecule has 88 valence electrons. The summed E-state index contributed by atoms with van der Waals surface area (Å²) in [5.74, 6) is 0.380. The predicted octanol–water partition coefficient (Wildman–Crippen LogP) is 3.40. The van der Waals surface area contributed by atoms with Gasteiger partial charge < -0.3 is 5.32 Å². The molecule has 1 atom stereocenters. The number of aryl methyl sites for hydroxylation is 1. The van der Waals surface area contributed by atoms with Crippen LogP contribution >= 0.6 is 23.2 Å². The Kier molecular flexibility index (Phi) is 5.10. The topological polar surface area (TPSA) is 29.1 Å². The smallest absolute Gasteiger partial charge is 0.252 e. The van der Waals surface area contributed by atoms with Crippen molar-refractivity contribution in [3.8, 4) is 0 Å². The van der Waals surface area contributed by atoms with Crippen LogP contribution in [0, 0.1) is 6.92 Å². The minimum atomic E-state index is -0.150. The number of amides is 1. The number of hydrogen-bond acceptors (Lipinski definition) is 1. The molecule has 1 aromatic rings. The quantitative estimate of drug-likeness (QED) is 0.826. The molecular weight excluding hydrogens is 245 g/mol. The zero-order valence-corrected chi connectivity index (χ0v) is 10.9. The van der Waals surface area contributed by atoms with Crippen LogP contribution in [-0.4, -0.2) is 17.8 Å². The number of hydrogen-bond donors (Lipinski definition) is 1. The predicted molar refractivity (Wildman–Crippen MR) is 68.5 cm³/mol. The normalized spacial score (nSPS) is 12.2. The largest absolute Gasteiger partial charge is 0.349 e. The molecule has 16 heavy (non-hydrogen) atoms. The van der Waals surface area contributed by atoms with E-state index in [0.29, 0.717) is 16.5 Å². The number of rotatable bonds is 4. The lowest BCUT2D eigenvalue weighted by Gasteiger charge is -2.13. The maximum atomic E-state index is 11.8. The van der Waals surface area contributed by atoms with Crippen LogP contribution in [0.2, 0.25) is 5.02 Å². The van der Waals surface area contributed by atoms with E-state index in [1.54, 1.807) is 12.1 Å². The number of carbonyl (C=O) groups is 1. The van der Waals surface area contributed by atoms with Crippen molar-refractivity contribution in [2.75, 3.05) is 5.88 Å². The fourth-order valence-corrected chi connectivity index (χ4v) is 1.99. The second kappa shape index (κ2) is 6.12. The second-order valence-electron chi connectivity index (χ2n) is 3.84. The Bertz CT molecular complexity index is 379. The summed E-state index contributed by atoms with van der Waals surface area (Å²) < 4.78 is 0. The van der Waals surface area contributed by atoms with E-state index in [-0.39, 0.29) is 11.9 Å². The molecular formula is C12H15Cl2NO. The standard InChI is InChI=1S/C12H15Cl2NO/c1-8-3-4-10(11(14)7-8)12(16)15-9(2)5-6-13/h3-4,7,9H,5-6H2,1-2H3,(H,15,16). The molecule has 0 heterocycles. The molecule has 0 aliphatic carbocycles. The third-order valence-corrected chi connectivity index (χ3v) is 2.82. The highest BCUT2D eigenvalue weighted by Gasteiger charge is 2.12. The van der Waals surface area contributed by atoms with E-state index in [2.05, 4.69) is 5.32 Å². The fraction of sp³-hybridized carbons (Fsp3) is 0.417. The first-order chi connectivity index (χ1) is 7.54. The maximum absolute atomic E-state index is 11.8. The zero-order chi connectivity index (χ0) is 12.1. The lowest BCUT2D eigenvalue weighted by Crippen LogP contribution is -2.32. The molecule has 0 saturated heterocycles. The summed E-state index contributed by atoms with van der Waals surface area (Å²) in [5, 5.41) is 3.33. The Hall–Kier alpha value is -0.730. The summed E-state index contributed by atoms with van der Waals surface area (Å²) in [6.07, 6.45) is 0.747. The van der Waals surface area contributed by atoms with Crippen molar-refractivity contribution in [1.82, 2.24) is 5.32 Å². The van der Waals surface area contributed by atoms with Gasteiger partial charge in [-0.2, -0.15) is 0 Å². The van der Waals surface area contributed by atoms with E-state index >= 15 is 0 Å². The molecule has 0 fully saturated rings. The van der Waals surface area contributed by atoms with Crippen LogP contribution in [-0.2, 0) is 0 Å². The number of carbonyl (C=O) groups excluding carboxylic acids is 1. The molecule has 1 amide bonds. The molecule has 0 spiro atoms. The molecule has 1 N–H and O–H groups in total. The van der Waals surface area contributed by atoms with Crippen LogP contribution in [0.5, 0.6) is 0 Å². The van der Waals surface area contributed by atoms with Crippen molar-refractivity contribution in [1.29, 1.82) is 0 Å². The van der Waals surface area contributed by atoms with E-state index in [4.69, 9.17) is 23.2 Å². The summed E-state index contributed by atoms with van der Waals surface area (Å²) in [6, 6.07) is 5.44. The summed E-state index contributed by atoms with van der Waals surface area (Å²) in [7, 11) is 0. The Morgan fingerprint density at radius 3 is 2.75 bits per heavy atom. The Labute approximate surface area is 106 Å². The van der Waals surface area contributed by atoms with E-state index in [0.717, 1.165) is 12.0 Å². The zero-order valence-electron chi connectivity index (χ0n) is 9.39. The van der Waals surface area contributed by atoms with Crippen molar-refractivity contribution in [2.45, 2.75) is 26.3 Å². The first-order valence-electron chi connectivity index (χ1n) is 5.17. The van der Waals surface area contributed by atoms with Crippen molar-refractivity contribution in [3.63, 3.8) is 0 Å². The minimum absolute atomic E-state index is 0.0577. The molecule has 0 aliphatic rings. The van der Waals surface area contributed by atoms with Gasteiger partial charge in [0.1, 0.15) is 0 Å². The van der Waals surface area contributed by atoms with Crippen LogP contribution in [0.4, 0.5) is 0 Å². The Morgan fingerprint density at radius 2 is 2.19 bits per heavy atom. The molecule has 2 nitrogen and oxygen atoms in total. The second-order valence-corrected chi connectivity index (χ2v) is 4.62. The van der Waals surface area contributed by atoms with Crippen LogP contribution in [0.1, 0.15) is 29.3 Å². The van der Waals surface area contributed by atoms with E-state index < -0.39 is 0 Å². The highest BCUT2D eigenvalue weighted by atomic mass is 35.5. The van der Waals surface area contributed by atoms with Gasteiger partial charge in [0.05, 0.1) is 10.6 Å². The van der Waals surface area contributed by atoms with Gasteiger partial charge in [-0.15, -0.1) is 11.6 Å². The van der Waals surface area contributed by atoms with Gasteiger partial charge in [-0.25, -0.2) is 0 Å². The van der Waals surface area contributed by atoms with Crippen LogP contribution in [0.25, 0.3) is 0 Å². The fourth-order valence-electron chi connectivity index (χ4n) is 1.34. The van der Waals surface area contributed by atoms with Crippen molar-refractivity contribution in [3.05, 3.63) is 34.3 Å². The third kappa shape index (κ3) is 3.69. The summed E-state index contributed by atoms with van der Waals surface area (Å²) in [5.41, 5.74) is 1.55. The van der Waals surface area contributed by atoms with E-state index in [1.165, 1.54) is 0 Å². The van der Waals surface area contributed by atoms with Crippen molar-refractivity contribution in [2.24, 2.45) is 0 Å². The van der Waals surface area contributed by atoms with Gasteiger partial charge in [-0.1, -0.05) is 17.7 Å². The Morgan fingerprint density at radius 1 is 1.50 bits per heavy atom. The molecule has 1 aromatic carbocycles. The molecule has 1 rings (SSSR count). The van der Waals surface area contributed by atoms with Crippen LogP contribution in [0.3, 0.4) is 0 Å². The SMILES string of the molecule is Cc1ccc(C(=O)NC(C)CCCl)c(Cl)c1. The molecule has 0 saturated carbocycles. The monoisotopic (exact) mass is 259 g/mol. The molecule has 1 unspecified atom stereocenters. The van der Waals surface area contributed by atoms with Crippen LogP contribution in [0.15, 0.2) is 18.2 Å². The van der Waals surface area contributed by atoms with Gasteiger partial charge in [0, 0.05) is 11.9 Å². The maximum Gasteiger partial charge on any atom is 0.252 e. The molecule has 0 aliphatic heterocycles. The molecule has 0 radical (unpaired) electrons. The average Bonchev–Trinajstić information content (AvgIpc) is 2.17. The van der Waals surface area contributed by atoms with Crippen LogP contribution < -0.4 is 5.32 Å². The number of alkyl halides is 1. The average molecular weight is 260 g/mol. The first-order valence-corrected chi connectivity index (χ1v) is 6.09. The van der Waals surface area contributed by atoms with E-state index in [9.17, 15) is 4.79 Å². The minimum Gasteiger partial charge on any atom is -0.349 e. The van der Waals surface area contributed by atoms with Crippen molar-refractivity contribution < 1.29 is 4.79 Å². The van der Waals surface area contributed by atoms with E-state index in [1.807, 2.05) is 19.9 Å². The third-order valence-electron chi connectivity index (χ3n) is 2.29. The summed E-state index contributed by atoms with van der Waals surface area (Å²) in [4.78, 5) is 11.8. The van der Waals surface area contributed by atoms with Gasteiger partial charge in [0.2, 0.25) is 0 Å². The molecule has 0 aromatic heterocycles. The number of benzene rings is 1. The number of nitrogens with one attached hydrogen (secondary N) is 1. The van der Waals surface area contributed by atoms with Gasteiger partial charge >= 0.3 is 0 Å². The highest BCUT2D eigenvalue weighted by molar-refractivity contribution is 6.33. The lowest BCUT2D eigenvalue weighted by atomic mass is 10.1. The first kappa shape index (κ1) is 13.3. The lowest BCUT2D eigenvalue weighted by molar-refractivity contribution is 0.0939. The summed E-state index contributed by atoms with van der Waals surface area (Å²) >= 11 is 11.6. The number of halogens is 2. The van der Waals surface area contributed by atoms with Gasteiger partial charge in [0.25, 0.3) is 5.91 Å². The van der Waals surface area contributed by atoms with Gasteiger partial charge in [-0.05, 0) is 38.0 Å². The highest BCUT2D eigenvalue weighted by Crippen LogP contribution is 2.17. The molecule has 0 bridgehead atoms. The Balaban J connectivity index is 2.73. The molecule has 4 heteroatoms. The van der Waals surface area contributed by atoms with Gasteiger partial charge in [0.15, 0.2) is 0 Å². The van der Waals surface area contributed by atoms with Gasteiger partial charge in [-0.3, -0.25) is 4.79 Å². The summed E-state index contributed by atoms with van der Waals surface area (Å²) in [6.45, 7) is 3.85.